The monoisotopic (exact) mass is 356 g/mol. The third-order valence-electron chi connectivity index (χ3n) is 5.37. The lowest BCUT2D eigenvalue weighted by Crippen LogP contribution is -2.65. The first kappa shape index (κ1) is 17.6. The number of hydrogen-bond donors (Lipinski definition) is 0. The standard InChI is InChI=1S/C20H28N4O2/c1-15-6-17(10-21-9-15)12-25-19-4-5-26-20(8-19)13-24(14-20)11-18-7-16(2)22-23(18)3/h6-7,9-10,19H,4-5,8,11-14H2,1-3H3/t19-/m0/s1. The second-order valence-corrected chi connectivity index (χ2v) is 7.87. The van der Waals surface area contributed by atoms with Gasteiger partial charge in [-0.2, -0.15) is 5.10 Å². The van der Waals surface area contributed by atoms with Crippen LogP contribution in [0.3, 0.4) is 0 Å². The summed E-state index contributed by atoms with van der Waals surface area (Å²) in [5, 5.41) is 4.43. The van der Waals surface area contributed by atoms with Gasteiger partial charge in [0.2, 0.25) is 0 Å². The van der Waals surface area contributed by atoms with Crippen molar-refractivity contribution in [3.8, 4) is 0 Å². The highest BCUT2D eigenvalue weighted by molar-refractivity contribution is 5.16. The molecule has 1 spiro atoms. The topological polar surface area (TPSA) is 52.4 Å². The normalized spacial score (nSPS) is 22.5. The van der Waals surface area contributed by atoms with Crippen molar-refractivity contribution >= 4 is 0 Å². The lowest BCUT2D eigenvalue weighted by molar-refractivity contribution is -0.200. The Hall–Kier alpha value is -1.76. The minimum absolute atomic E-state index is 0.0264. The lowest BCUT2D eigenvalue weighted by atomic mass is 9.84. The van der Waals surface area contributed by atoms with E-state index >= 15 is 0 Å². The molecule has 2 fully saturated rings. The molecule has 1 atom stereocenters. The zero-order valence-electron chi connectivity index (χ0n) is 15.9. The largest absolute Gasteiger partial charge is 0.373 e. The van der Waals surface area contributed by atoms with E-state index in [9.17, 15) is 0 Å². The fraction of sp³-hybridized carbons (Fsp3) is 0.600. The highest BCUT2D eigenvalue weighted by Crippen LogP contribution is 2.36. The molecule has 2 saturated heterocycles. The Morgan fingerprint density at radius 2 is 2.12 bits per heavy atom. The fourth-order valence-electron chi connectivity index (χ4n) is 4.18. The van der Waals surface area contributed by atoms with Gasteiger partial charge < -0.3 is 9.47 Å². The van der Waals surface area contributed by atoms with Crippen molar-refractivity contribution in [3.63, 3.8) is 0 Å². The Morgan fingerprint density at radius 1 is 1.27 bits per heavy atom. The van der Waals surface area contributed by atoms with Crippen LogP contribution in [0.4, 0.5) is 0 Å². The van der Waals surface area contributed by atoms with Gasteiger partial charge in [-0.1, -0.05) is 6.07 Å². The summed E-state index contributed by atoms with van der Waals surface area (Å²) in [7, 11) is 2.01. The van der Waals surface area contributed by atoms with Crippen molar-refractivity contribution < 1.29 is 9.47 Å². The zero-order valence-corrected chi connectivity index (χ0v) is 15.9. The molecule has 2 aliphatic rings. The molecule has 4 heterocycles. The van der Waals surface area contributed by atoms with Crippen molar-refractivity contribution in [2.24, 2.45) is 7.05 Å². The molecule has 2 aromatic heterocycles. The number of rotatable bonds is 5. The SMILES string of the molecule is Cc1cncc(CO[C@H]2CCOC3(C2)CN(Cc2cc(C)nn2C)C3)c1. The summed E-state index contributed by atoms with van der Waals surface area (Å²) in [6.45, 7) is 8.40. The van der Waals surface area contributed by atoms with Crippen LogP contribution < -0.4 is 0 Å². The van der Waals surface area contributed by atoms with Crippen LogP contribution in [0.25, 0.3) is 0 Å². The number of aryl methyl sites for hydroxylation is 3. The maximum atomic E-state index is 6.18. The summed E-state index contributed by atoms with van der Waals surface area (Å²) in [4.78, 5) is 6.68. The van der Waals surface area contributed by atoms with E-state index in [1.807, 2.05) is 31.0 Å². The molecule has 0 amide bonds. The number of hydrogen-bond acceptors (Lipinski definition) is 5. The van der Waals surface area contributed by atoms with Gasteiger partial charge in [0, 0.05) is 52.1 Å². The zero-order chi connectivity index (χ0) is 18.1. The first-order valence-corrected chi connectivity index (χ1v) is 9.39. The first-order valence-electron chi connectivity index (χ1n) is 9.39. The summed E-state index contributed by atoms with van der Waals surface area (Å²) in [5.74, 6) is 0. The van der Waals surface area contributed by atoms with Crippen LogP contribution in [0, 0.1) is 13.8 Å². The van der Waals surface area contributed by atoms with Crippen LogP contribution in [-0.4, -0.2) is 51.1 Å². The van der Waals surface area contributed by atoms with Gasteiger partial charge in [-0.25, -0.2) is 0 Å². The van der Waals surface area contributed by atoms with Crippen LogP contribution in [0.1, 0.15) is 35.4 Å². The number of nitrogens with zero attached hydrogens (tertiary/aromatic N) is 4. The second-order valence-electron chi connectivity index (χ2n) is 7.87. The Bertz CT molecular complexity index is 767. The van der Waals surface area contributed by atoms with E-state index in [0.29, 0.717) is 6.61 Å². The molecule has 0 unspecified atom stereocenters. The van der Waals surface area contributed by atoms with Crippen molar-refractivity contribution in [3.05, 3.63) is 47.0 Å². The smallest absolute Gasteiger partial charge is 0.0959 e. The Balaban J connectivity index is 1.28. The van der Waals surface area contributed by atoms with E-state index in [-0.39, 0.29) is 11.7 Å². The first-order chi connectivity index (χ1) is 12.5. The molecule has 0 radical (unpaired) electrons. The number of likely N-dealkylation sites (tertiary alicyclic amines) is 1. The Kier molecular flexibility index (Phi) is 4.82. The Morgan fingerprint density at radius 3 is 2.85 bits per heavy atom. The maximum absolute atomic E-state index is 6.18. The second kappa shape index (κ2) is 7.10. The molecule has 0 N–H and O–H groups in total. The van der Waals surface area contributed by atoms with E-state index in [1.165, 1.54) is 11.3 Å². The summed E-state index contributed by atoms with van der Waals surface area (Å²) in [6, 6.07) is 4.30. The van der Waals surface area contributed by atoms with Crippen LogP contribution in [0.2, 0.25) is 0 Å². The molecular formula is C20H28N4O2. The molecule has 2 aliphatic heterocycles. The van der Waals surface area contributed by atoms with Crippen molar-refractivity contribution in [2.75, 3.05) is 19.7 Å². The molecule has 26 heavy (non-hydrogen) atoms. The van der Waals surface area contributed by atoms with Gasteiger partial charge in [0.25, 0.3) is 0 Å². The van der Waals surface area contributed by atoms with E-state index < -0.39 is 0 Å². The highest BCUT2D eigenvalue weighted by atomic mass is 16.5. The van der Waals surface area contributed by atoms with E-state index in [2.05, 4.69) is 34.0 Å². The Labute approximate surface area is 155 Å². The molecule has 6 heteroatoms. The third kappa shape index (κ3) is 3.82. The molecule has 4 rings (SSSR count). The molecule has 0 aliphatic carbocycles. The quantitative estimate of drug-likeness (QED) is 0.823. The summed E-state index contributed by atoms with van der Waals surface area (Å²) < 4.78 is 14.3. The molecule has 0 aromatic carbocycles. The number of pyridine rings is 1. The molecule has 0 saturated carbocycles. The van der Waals surface area contributed by atoms with Crippen molar-refractivity contribution in [1.82, 2.24) is 19.7 Å². The molecule has 6 nitrogen and oxygen atoms in total. The molecular weight excluding hydrogens is 328 g/mol. The van der Waals surface area contributed by atoms with Crippen molar-refractivity contribution in [2.45, 2.75) is 51.5 Å². The van der Waals surface area contributed by atoms with Gasteiger partial charge in [-0.3, -0.25) is 14.6 Å². The van der Waals surface area contributed by atoms with Gasteiger partial charge in [-0.15, -0.1) is 0 Å². The lowest BCUT2D eigenvalue weighted by Gasteiger charge is -2.53. The van der Waals surface area contributed by atoms with E-state index in [4.69, 9.17) is 9.47 Å². The van der Waals surface area contributed by atoms with Crippen LogP contribution in [-0.2, 0) is 29.7 Å². The fourth-order valence-corrected chi connectivity index (χ4v) is 4.18. The van der Waals surface area contributed by atoms with Gasteiger partial charge >= 0.3 is 0 Å². The van der Waals surface area contributed by atoms with Crippen molar-refractivity contribution in [1.29, 1.82) is 0 Å². The minimum atomic E-state index is -0.0264. The molecule has 2 aromatic rings. The van der Waals surface area contributed by atoms with Gasteiger partial charge in [0.1, 0.15) is 0 Å². The summed E-state index contributed by atoms with van der Waals surface area (Å²) >= 11 is 0. The average molecular weight is 356 g/mol. The maximum Gasteiger partial charge on any atom is 0.0959 e. The summed E-state index contributed by atoms with van der Waals surface area (Å²) in [5.41, 5.74) is 4.63. The minimum Gasteiger partial charge on any atom is -0.373 e. The van der Waals surface area contributed by atoms with Crippen LogP contribution >= 0.6 is 0 Å². The van der Waals surface area contributed by atoms with Crippen LogP contribution in [0.15, 0.2) is 24.5 Å². The van der Waals surface area contributed by atoms with Gasteiger partial charge in [-0.05, 0) is 37.5 Å². The highest BCUT2D eigenvalue weighted by Gasteiger charge is 2.47. The van der Waals surface area contributed by atoms with E-state index in [1.54, 1.807) is 0 Å². The number of aromatic nitrogens is 3. The predicted octanol–water partition coefficient (Wildman–Crippen LogP) is 2.38. The van der Waals surface area contributed by atoms with Crippen LogP contribution in [0.5, 0.6) is 0 Å². The summed E-state index contributed by atoms with van der Waals surface area (Å²) in [6.07, 6.45) is 5.99. The van der Waals surface area contributed by atoms with Gasteiger partial charge in [0.05, 0.1) is 29.7 Å². The predicted molar refractivity (Wildman–Crippen MR) is 98.7 cm³/mol. The van der Waals surface area contributed by atoms with Gasteiger partial charge in [0.15, 0.2) is 0 Å². The molecule has 0 bridgehead atoms. The average Bonchev–Trinajstić information content (AvgIpc) is 2.89. The molecule has 140 valence electrons. The third-order valence-corrected chi connectivity index (χ3v) is 5.37. The van der Waals surface area contributed by atoms with E-state index in [0.717, 1.165) is 50.3 Å². The number of ether oxygens (including phenoxy) is 2.